The van der Waals surface area contributed by atoms with Crippen LogP contribution in [-0.4, -0.2) is 0 Å². The standard InChI is InChI=1S/C7H6IN3/c1-5-2-3-7(10-11-9)6(8)4-5/h2-4H,1H3. The first-order valence-corrected chi connectivity index (χ1v) is 4.13. The molecule has 0 heterocycles. The number of azide groups is 1. The third-order valence-electron chi connectivity index (χ3n) is 1.26. The maximum atomic E-state index is 8.17. The second-order valence-electron chi connectivity index (χ2n) is 2.14. The Morgan fingerprint density at radius 2 is 2.27 bits per heavy atom. The van der Waals surface area contributed by atoms with Gasteiger partial charge in [0.05, 0.1) is 5.69 Å². The van der Waals surface area contributed by atoms with Crippen molar-refractivity contribution >= 4 is 28.3 Å². The lowest BCUT2D eigenvalue weighted by Crippen LogP contribution is -1.74. The van der Waals surface area contributed by atoms with Crippen molar-refractivity contribution in [1.82, 2.24) is 0 Å². The molecule has 0 bridgehead atoms. The zero-order valence-electron chi connectivity index (χ0n) is 5.95. The molecule has 0 aliphatic heterocycles. The minimum atomic E-state index is 0.693. The van der Waals surface area contributed by atoms with Crippen molar-refractivity contribution in [3.05, 3.63) is 37.8 Å². The van der Waals surface area contributed by atoms with Crippen LogP contribution in [0.1, 0.15) is 5.56 Å². The van der Waals surface area contributed by atoms with Gasteiger partial charge >= 0.3 is 0 Å². The Morgan fingerprint density at radius 1 is 1.55 bits per heavy atom. The molecule has 0 N–H and O–H groups in total. The smallest absolute Gasteiger partial charge is 0.0509 e. The summed E-state index contributed by atoms with van der Waals surface area (Å²) in [6.45, 7) is 2.00. The summed E-state index contributed by atoms with van der Waals surface area (Å²) in [5, 5.41) is 3.52. The predicted molar refractivity (Wildman–Crippen MR) is 52.7 cm³/mol. The highest BCUT2D eigenvalue weighted by atomic mass is 127. The van der Waals surface area contributed by atoms with Gasteiger partial charge in [-0.2, -0.15) is 0 Å². The van der Waals surface area contributed by atoms with Gasteiger partial charge in [0.1, 0.15) is 0 Å². The van der Waals surface area contributed by atoms with Crippen molar-refractivity contribution in [3.8, 4) is 0 Å². The molecule has 56 valence electrons. The largest absolute Gasteiger partial charge is 0.0597 e. The van der Waals surface area contributed by atoms with Gasteiger partial charge in [0.2, 0.25) is 0 Å². The third kappa shape index (κ3) is 2.10. The molecule has 3 nitrogen and oxygen atoms in total. The predicted octanol–water partition coefficient (Wildman–Crippen LogP) is 3.54. The van der Waals surface area contributed by atoms with Crippen LogP contribution in [0.2, 0.25) is 0 Å². The van der Waals surface area contributed by atoms with E-state index in [0.29, 0.717) is 5.69 Å². The summed E-state index contributed by atoms with van der Waals surface area (Å²) < 4.78 is 0.986. The maximum Gasteiger partial charge on any atom is 0.0509 e. The lowest BCUT2D eigenvalue weighted by Gasteiger charge is -1.96. The van der Waals surface area contributed by atoms with Gasteiger partial charge in [0, 0.05) is 8.48 Å². The topological polar surface area (TPSA) is 48.8 Å². The van der Waals surface area contributed by atoms with Crippen molar-refractivity contribution in [1.29, 1.82) is 0 Å². The summed E-state index contributed by atoms with van der Waals surface area (Å²) in [5.41, 5.74) is 10.0. The van der Waals surface area contributed by atoms with Gasteiger partial charge < -0.3 is 0 Å². The minimum Gasteiger partial charge on any atom is -0.0597 e. The maximum absolute atomic E-state index is 8.17. The zero-order chi connectivity index (χ0) is 8.27. The van der Waals surface area contributed by atoms with Gasteiger partial charge in [0.25, 0.3) is 0 Å². The van der Waals surface area contributed by atoms with Crippen molar-refractivity contribution in [2.75, 3.05) is 0 Å². The molecule has 0 saturated carbocycles. The van der Waals surface area contributed by atoms with E-state index in [1.807, 2.05) is 25.1 Å². The molecule has 0 unspecified atom stereocenters. The Balaban J connectivity index is 3.19. The van der Waals surface area contributed by atoms with Crippen LogP contribution in [0.3, 0.4) is 0 Å². The molecular formula is C7H6IN3. The van der Waals surface area contributed by atoms with E-state index in [1.165, 1.54) is 5.56 Å². The van der Waals surface area contributed by atoms with Crippen LogP contribution in [0.4, 0.5) is 5.69 Å². The summed E-state index contributed by atoms with van der Waals surface area (Å²) >= 11 is 2.14. The highest BCUT2D eigenvalue weighted by molar-refractivity contribution is 14.1. The molecule has 0 amide bonds. The quantitative estimate of drug-likeness (QED) is 0.320. The van der Waals surface area contributed by atoms with E-state index in [4.69, 9.17) is 5.53 Å². The van der Waals surface area contributed by atoms with Gasteiger partial charge in [-0.05, 0) is 41.1 Å². The van der Waals surface area contributed by atoms with E-state index >= 15 is 0 Å². The van der Waals surface area contributed by atoms with E-state index in [1.54, 1.807) is 0 Å². The van der Waals surface area contributed by atoms with Gasteiger partial charge in [-0.25, -0.2) is 0 Å². The first-order valence-electron chi connectivity index (χ1n) is 3.05. The monoisotopic (exact) mass is 259 g/mol. The zero-order valence-corrected chi connectivity index (χ0v) is 8.11. The molecule has 0 fully saturated rings. The molecule has 4 heteroatoms. The summed E-state index contributed by atoms with van der Waals surface area (Å²) in [6.07, 6.45) is 0. The molecular weight excluding hydrogens is 253 g/mol. The van der Waals surface area contributed by atoms with E-state index in [-0.39, 0.29) is 0 Å². The van der Waals surface area contributed by atoms with Crippen LogP contribution in [0, 0.1) is 10.5 Å². The highest BCUT2D eigenvalue weighted by Gasteiger charge is 1.94. The molecule has 0 spiro atoms. The molecule has 0 aliphatic carbocycles. The molecule has 0 aliphatic rings. The normalized spacial score (nSPS) is 8.91. The van der Waals surface area contributed by atoms with Crippen LogP contribution < -0.4 is 0 Å². The first kappa shape index (κ1) is 8.36. The molecule has 0 radical (unpaired) electrons. The molecule has 1 rings (SSSR count). The Hall–Kier alpha value is -0.740. The second-order valence-corrected chi connectivity index (χ2v) is 3.31. The van der Waals surface area contributed by atoms with E-state index < -0.39 is 0 Å². The molecule has 1 aromatic rings. The Bertz CT molecular complexity index is 315. The number of hydrogen-bond donors (Lipinski definition) is 0. The Kier molecular flexibility index (Phi) is 2.73. The van der Waals surface area contributed by atoms with E-state index in [9.17, 15) is 0 Å². The van der Waals surface area contributed by atoms with Crippen LogP contribution in [0.5, 0.6) is 0 Å². The van der Waals surface area contributed by atoms with Crippen molar-refractivity contribution in [2.45, 2.75) is 6.92 Å². The fourth-order valence-corrected chi connectivity index (χ4v) is 1.52. The van der Waals surface area contributed by atoms with Gasteiger partial charge in [-0.1, -0.05) is 22.8 Å². The highest BCUT2D eigenvalue weighted by Crippen LogP contribution is 2.21. The van der Waals surface area contributed by atoms with Crippen LogP contribution in [0.25, 0.3) is 10.4 Å². The number of nitrogens with zero attached hydrogens (tertiary/aromatic N) is 3. The SMILES string of the molecule is Cc1ccc(N=[N+]=[N-])c(I)c1. The van der Waals surface area contributed by atoms with E-state index in [2.05, 4.69) is 32.6 Å². The minimum absolute atomic E-state index is 0.693. The van der Waals surface area contributed by atoms with Crippen molar-refractivity contribution in [2.24, 2.45) is 5.11 Å². The Labute approximate surface area is 78.2 Å². The number of benzene rings is 1. The Morgan fingerprint density at radius 3 is 2.82 bits per heavy atom. The van der Waals surface area contributed by atoms with E-state index in [0.717, 1.165) is 3.57 Å². The number of aryl methyl sites for hydroxylation is 1. The third-order valence-corrected chi connectivity index (χ3v) is 2.12. The summed E-state index contributed by atoms with van der Waals surface area (Å²) in [5.74, 6) is 0. The summed E-state index contributed by atoms with van der Waals surface area (Å²) in [4.78, 5) is 2.72. The number of halogens is 1. The number of rotatable bonds is 1. The molecule has 0 atom stereocenters. The average molecular weight is 259 g/mol. The first-order chi connectivity index (χ1) is 5.24. The molecule has 0 aromatic heterocycles. The number of hydrogen-bond acceptors (Lipinski definition) is 1. The second kappa shape index (κ2) is 3.59. The van der Waals surface area contributed by atoms with Crippen LogP contribution >= 0.6 is 22.6 Å². The van der Waals surface area contributed by atoms with Crippen LogP contribution in [0.15, 0.2) is 23.3 Å². The fraction of sp³-hybridized carbons (Fsp3) is 0.143. The summed E-state index contributed by atoms with van der Waals surface area (Å²) in [7, 11) is 0. The van der Waals surface area contributed by atoms with Crippen molar-refractivity contribution in [3.63, 3.8) is 0 Å². The van der Waals surface area contributed by atoms with Gasteiger partial charge in [-0.15, -0.1) is 0 Å². The summed E-state index contributed by atoms with van der Waals surface area (Å²) in [6, 6.07) is 5.72. The van der Waals surface area contributed by atoms with Crippen molar-refractivity contribution < 1.29 is 0 Å². The molecule has 0 saturated heterocycles. The molecule has 11 heavy (non-hydrogen) atoms. The fourth-order valence-electron chi connectivity index (χ4n) is 0.741. The average Bonchev–Trinajstić information content (AvgIpc) is 1.95. The van der Waals surface area contributed by atoms with Crippen LogP contribution in [-0.2, 0) is 0 Å². The molecule has 1 aromatic carbocycles. The lowest BCUT2D eigenvalue weighted by atomic mass is 10.2. The lowest BCUT2D eigenvalue weighted by molar-refractivity contribution is 1.39. The van der Waals surface area contributed by atoms with Gasteiger partial charge in [-0.3, -0.25) is 0 Å². The van der Waals surface area contributed by atoms with Gasteiger partial charge in [0.15, 0.2) is 0 Å².